The summed E-state index contributed by atoms with van der Waals surface area (Å²) < 4.78 is 35.0. The molecule has 0 aliphatic heterocycles. The van der Waals surface area contributed by atoms with E-state index in [4.69, 9.17) is 4.74 Å². The Morgan fingerprint density at radius 3 is 2.50 bits per heavy atom. The SMILES string of the molecule is C=C(/C=C\CC)[C@@H](C)CC1=CC=C(C(C)C(C)C2=C(F)CC(OCC)CC2F)CC1. The molecule has 0 saturated carbocycles. The maximum absolute atomic E-state index is 14.8. The first-order valence-electron chi connectivity index (χ1n) is 11.7. The van der Waals surface area contributed by atoms with Gasteiger partial charge in [0, 0.05) is 19.4 Å². The van der Waals surface area contributed by atoms with Crippen LogP contribution in [-0.4, -0.2) is 18.9 Å². The molecular formula is C27H40F2O. The Bertz CT molecular complexity index is 712. The lowest BCUT2D eigenvalue weighted by molar-refractivity contribution is 0.0297. The highest BCUT2D eigenvalue weighted by atomic mass is 19.1. The highest BCUT2D eigenvalue weighted by Crippen LogP contribution is 2.41. The van der Waals surface area contributed by atoms with Gasteiger partial charge in [0.25, 0.3) is 0 Å². The normalized spacial score (nSPS) is 25.7. The number of rotatable bonds is 10. The summed E-state index contributed by atoms with van der Waals surface area (Å²) >= 11 is 0. The van der Waals surface area contributed by atoms with E-state index in [2.05, 4.69) is 51.7 Å². The molecule has 2 rings (SSSR count). The van der Waals surface area contributed by atoms with E-state index in [0.29, 0.717) is 18.1 Å². The Labute approximate surface area is 182 Å². The summed E-state index contributed by atoms with van der Waals surface area (Å²) in [4.78, 5) is 0. The molecule has 0 fully saturated rings. The van der Waals surface area contributed by atoms with Crippen molar-refractivity contribution in [2.45, 2.75) is 85.4 Å². The molecule has 3 heteroatoms. The molecule has 0 amide bonds. The van der Waals surface area contributed by atoms with Crippen LogP contribution in [0.15, 0.2) is 59.0 Å². The zero-order valence-electron chi connectivity index (χ0n) is 19.5. The second-order valence-electron chi connectivity index (χ2n) is 8.98. The Hall–Kier alpha value is -1.48. The fraction of sp³-hybridized carbons (Fsp3) is 0.630. The molecule has 1 nitrogen and oxygen atoms in total. The van der Waals surface area contributed by atoms with Crippen molar-refractivity contribution in [1.82, 2.24) is 0 Å². The number of hydrogen-bond donors (Lipinski definition) is 0. The molecule has 0 aromatic heterocycles. The fourth-order valence-corrected chi connectivity index (χ4v) is 4.62. The smallest absolute Gasteiger partial charge is 0.127 e. The lowest BCUT2D eigenvalue weighted by atomic mass is 9.75. The van der Waals surface area contributed by atoms with Gasteiger partial charge in [0.2, 0.25) is 0 Å². The average molecular weight is 419 g/mol. The number of hydrogen-bond acceptors (Lipinski definition) is 1. The van der Waals surface area contributed by atoms with Gasteiger partial charge < -0.3 is 4.74 Å². The molecule has 4 unspecified atom stereocenters. The van der Waals surface area contributed by atoms with E-state index in [1.54, 1.807) is 0 Å². The van der Waals surface area contributed by atoms with Crippen LogP contribution < -0.4 is 0 Å². The van der Waals surface area contributed by atoms with Gasteiger partial charge in [0.15, 0.2) is 0 Å². The molecule has 2 aliphatic rings. The van der Waals surface area contributed by atoms with Gasteiger partial charge >= 0.3 is 0 Å². The Kier molecular flexibility index (Phi) is 9.74. The van der Waals surface area contributed by atoms with Crippen molar-refractivity contribution in [2.75, 3.05) is 6.61 Å². The molecule has 168 valence electrons. The van der Waals surface area contributed by atoms with Crippen molar-refractivity contribution >= 4 is 0 Å². The van der Waals surface area contributed by atoms with Gasteiger partial charge in [-0.3, -0.25) is 0 Å². The summed E-state index contributed by atoms with van der Waals surface area (Å²) in [7, 11) is 0. The minimum absolute atomic E-state index is 0.130. The van der Waals surface area contributed by atoms with Crippen LogP contribution in [0.4, 0.5) is 8.78 Å². The first kappa shape index (κ1) is 24.8. The molecule has 0 radical (unpaired) electrons. The molecule has 0 spiro atoms. The van der Waals surface area contributed by atoms with Gasteiger partial charge in [0.05, 0.1) is 6.10 Å². The largest absolute Gasteiger partial charge is 0.378 e. The summed E-state index contributed by atoms with van der Waals surface area (Å²) in [5.41, 5.74) is 4.27. The third kappa shape index (κ3) is 6.51. The van der Waals surface area contributed by atoms with Gasteiger partial charge in [-0.05, 0) is 55.9 Å². The minimum atomic E-state index is -1.24. The van der Waals surface area contributed by atoms with Crippen molar-refractivity contribution in [2.24, 2.45) is 17.8 Å². The summed E-state index contributed by atoms with van der Waals surface area (Å²) in [6.45, 7) is 15.0. The Morgan fingerprint density at radius 2 is 1.93 bits per heavy atom. The van der Waals surface area contributed by atoms with Gasteiger partial charge in [-0.2, -0.15) is 0 Å². The zero-order valence-corrected chi connectivity index (χ0v) is 19.5. The topological polar surface area (TPSA) is 9.23 Å². The van der Waals surface area contributed by atoms with Gasteiger partial charge in [-0.25, -0.2) is 8.78 Å². The predicted molar refractivity (Wildman–Crippen MR) is 124 cm³/mol. The average Bonchev–Trinajstić information content (AvgIpc) is 2.71. The Balaban J connectivity index is 2.03. The number of allylic oxidation sites excluding steroid dienone is 8. The van der Waals surface area contributed by atoms with E-state index < -0.39 is 6.17 Å². The number of ether oxygens (including phenoxy) is 1. The van der Waals surface area contributed by atoms with Gasteiger partial charge in [-0.15, -0.1) is 0 Å². The van der Waals surface area contributed by atoms with Crippen LogP contribution in [0.1, 0.15) is 73.1 Å². The molecule has 5 atom stereocenters. The van der Waals surface area contributed by atoms with Crippen LogP contribution in [0.2, 0.25) is 0 Å². The van der Waals surface area contributed by atoms with Crippen LogP contribution in [0.5, 0.6) is 0 Å². The van der Waals surface area contributed by atoms with E-state index in [1.165, 1.54) is 16.7 Å². The van der Waals surface area contributed by atoms with Crippen LogP contribution in [0.25, 0.3) is 0 Å². The summed E-state index contributed by atoms with van der Waals surface area (Å²) in [5.74, 6) is 0.121. The lowest BCUT2D eigenvalue weighted by Crippen LogP contribution is -2.30. The van der Waals surface area contributed by atoms with Gasteiger partial charge in [0.1, 0.15) is 12.0 Å². The second-order valence-corrected chi connectivity index (χ2v) is 8.98. The third-order valence-electron chi connectivity index (χ3n) is 6.79. The summed E-state index contributed by atoms with van der Waals surface area (Å²) in [6.07, 6.45) is 11.6. The standard InChI is InChI=1S/C27H40F2O/c1-7-9-10-18(3)19(4)15-22-11-13-23(14-12-22)20(5)21(6)27-25(28)16-24(30-8-2)17-26(27)29/h9-11,13,19-21,24-25H,3,7-8,12,14-17H2,1-2,4-6H3/b10-9-/t19-,20?,21?,24?,25?/m0/s1. The third-order valence-corrected chi connectivity index (χ3v) is 6.79. The molecule has 0 aromatic rings. The number of alkyl halides is 1. The number of halogens is 2. The monoisotopic (exact) mass is 418 g/mol. The lowest BCUT2D eigenvalue weighted by Gasteiger charge is -2.33. The molecule has 0 heterocycles. The Morgan fingerprint density at radius 1 is 1.20 bits per heavy atom. The van der Waals surface area contributed by atoms with Crippen LogP contribution in [-0.2, 0) is 4.74 Å². The molecule has 30 heavy (non-hydrogen) atoms. The van der Waals surface area contributed by atoms with E-state index in [9.17, 15) is 8.78 Å². The predicted octanol–water partition coefficient (Wildman–Crippen LogP) is 8.21. The molecule has 0 saturated heterocycles. The van der Waals surface area contributed by atoms with E-state index in [1.807, 2.05) is 13.8 Å². The van der Waals surface area contributed by atoms with Crippen molar-refractivity contribution < 1.29 is 13.5 Å². The first-order valence-corrected chi connectivity index (χ1v) is 11.7. The van der Waals surface area contributed by atoms with Crippen molar-refractivity contribution in [3.05, 3.63) is 59.0 Å². The first-order chi connectivity index (χ1) is 14.3. The highest BCUT2D eigenvalue weighted by molar-refractivity contribution is 5.30. The van der Waals surface area contributed by atoms with Crippen LogP contribution in [0.3, 0.4) is 0 Å². The van der Waals surface area contributed by atoms with Crippen molar-refractivity contribution in [3.8, 4) is 0 Å². The van der Waals surface area contributed by atoms with Crippen molar-refractivity contribution in [3.63, 3.8) is 0 Å². The highest BCUT2D eigenvalue weighted by Gasteiger charge is 2.35. The summed E-state index contributed by atoms with van der Waals surface area (Å²) in [6, 6.07) is 0. The summed E-state index contributed by atoms with van der Waals surface area (Å²) in [5, 5.41) is 0. The quantitative estimate of drug-likeness (QED) is 0.325. The van der Waals surface area contributed by atoms with E-state index in [0.717, 1.165) is 25.7 Å². The molecule has 0 N–H and O–H groups in total. The fourth-order valence-electron chi connectivity index (χ4n) is 4.62. The molecular weight excluding hydrogens is 378 g/mol. The molecule has 2 aliphatic carbocycles. The maximum Gasteiger partial charge on any atom is 0.127 e. The zero-order chi connectivity index (χ0) is 22.3. The second kappa shape index (κ2) is 11.8. The van der Waals surface area contributed by atoms with Crippen LogP contribution in [0, 0.1) is 17.8 Å². The van der Waals surface area contributed by atoms with E-state index in [-0.39, 0.29) is 36.6 Å². The van der Waals surface area contributed by atoms with Crippen molar-refractivity contribution in [1.29, 1.82) is 0 Å². The van der Waals surface area contributed by atoms with E-state index >= 15 is 0 Å². The molecule has 0 aromatic carbocycles. The van der Waals surface area contributed by atoms with Crippen LogP contribution >= 0.6 is 0 Å². The molecule has 0 bridgehead atoms. The maximum atomic E-state index is 14.8. The minimum Gasteiger partial charge on any atom is -0.378 e. The van der Waals surface area contributed by atoms with Gasteiger partial charge in [-0.1, -0.05) is 75.3 Å².